The molecule has 0 aliphatic carbocycles. The van der Waals surface area contributed by atoms with E-state index in [2.05, 4.69) is 10.4 Å². The van der Waals surface area contributed by atoms with Gasteiger partial charge in [0.05, 0.1) is 40.7 Å². The third-order valence-corrected chi connectivity index (χ3v) is 4.36. The van der Waals surface area contributed by atoms with Gasteiger partial charge in [0.1, 0.15) is 5.75 Å². The van der Waals surface area contributed by atoms with Gasteiger partial charge in [-0.1, -0.05) is 0 Å². The number of nitro benzene ring substituents is 1. The zero-order valence-electron chi connectivity index (χ0n) is 17.1. The van der Waals surface area contributed by atoms with Gasteiger partial charge in [0, 0.05) is 11.8 Å². The van der Waals surface area contributed by atoms with Gasteiger partial charge in [0.25, 0.3) is 11.6 Å². The lowest BCUT2D eigenvalue weighted by Gasteiger charge is -2.10. The average Bonchev–Trinajstić information content (AvgIpc) is 3.10. The number of benzene rings is 2. The molecule has 2 aromatic carbocycles. The first-order valence-electron chi connectivity index (χ1n) is 9.21. The van der Waals surface area contributed by atoms with E-state index in [1.807, 2.05) is 19.9 Å². The molecule has 0 spiro atoms. The number of ether oxygens (including phenoxy) is 2. The summed E-state index contributed by atoms with van der Waals surface area (Å²) in [5.41, 5.74) is 2.98. The molecule has 160 valence electrons. The molecule has 0 bridgehead atoms. The van der Waals surface area contributed by atoms with Crippen LogP contribution in [0.5, 0.6) is 5.75 Å². The highest BCUT2D eigenvalue weighted by atomic mass is 16.6. The summed E-state index contributed by atoms with van der Waals surface area (Å²) in [6.45, 7) is 3.30. The fraction of sp³-hybridized carbons (Fsp3) is 0.190. The molecule has 3 rings (SSSR count). The number of esters is 1. The maximum atomic E-state index is 12.2. The smallest absolute Gasteiger partial charge is 0.338 e. The van der Waals surface area contributed by atoms with E-state index in [0.29, 0.717) is 0 Å². The van der Waals surface area contributed by atoms with Gasteiger partial charge < -0.3 is 14.8 Å². The maximum absolute atomic E-state index is 12.2. The Kier molecular flexibility index (Phi) is 6.29. The summed E-state index contributed by atoms with van der Waals surface area (Å²) in [5.74, 6) is -1.15. The Labute approximate surface area is 177 Å². The molecule has 3 aromatic rings. The predicted molar refractivity (Wildman–Crippen MR) is 112 cm³/mol. The number of non-ortho nitro benzene ring substituents is 1. The Morgan fingerprint density at radius 3 is 2.42 bits per heavy atom. The quantitative estimate of drug-likeness (QED) is 0.351. The Bertz CT molecular complexity index is 1140. The van der Waals surface area contributed by atoms with E-state index in [4.69, 9.17) is 9.47 Å². The molecule has 10 heteroatoms. The van der Waals surface area contributed by atoms with Gasteiger partial charge in [-0.05, 0) is 50.2 Å². The van der Waals surface area contributed by atoms with Gasteiger partial charge in [-0.2, -0.15) is 5.10 Å². The second-order valence-corrected chi connectivity index (χ2v) is 6.65. The Morgan fingerprint density at radius 1 is 1.13 bits per heavy atom. The van der Waals surface area contributed by atoms with Crippen LogP contribution in [0.25, 0.3) is 5.69 Å². The van der Waals surface area contributed by atoms with E-state index in [0.717, 1.165) is 17.1 Å². The van der Waals surface area contributed by atoms with E-state index < -0.39 is 23.4 Å². The molecule has 0 saturated heterocycles. The maximum Gasteiger partial charge on any atom is 0.338 e. The molecule has 10 nitrogen and oxygen atoms in total. The summed E-state index contributed by atoms with van der Waals surface area (Å²) >= 11 is 0. The predicted octanol–water partition coefficient (Wildman–Crippen LogP) is 3.20. The molecule has 0 aliphatic heterocycles. The number of anilines is 1. The van der Waals surface area contributed by atoms with Crippen LogP contribution in [0.4, 0.5) is 11.4 Å². The van der Waals surface area contributed by atoms with Crippen LogP contribution in [0, 0.1) is 24.0 Å². The number of nitrogens with zero attached hydrogens (tertiary/aromatic N) is 3. The van der Waals surface area contributed by atoms with Crippen LogP contribution in [0.1, 0.15) is 21.7 Å². The van der Waals surface area contributed by atoms with E-state index in [1.54, 1.807) is 28.9 Å². The van der Waals surface area contributed by atoms with Crippen LogP contribution in [-0.4, -0.2) is 40.3 Å². The van der Waals surface area contributed by atoms with Gasteiger partial charge >= 0.3 is 5.97 Å². The number of aromatic nitrogens is 2. The summed E-state index contributed by atoms with van der Waals surface area (Å²) in [4.78, 5) is 34.6. The Hall–Kier alpha value is -4.21. The minimum absolute atomic E-state index is 0.119. The second-order valence-electron chi connectivity index (χ2n) is 6.65. The number of hydrogen-bond acceptors (Lipinski definition) is 7. The minimum atomic E-state index is -0.661. The van der Waals surface area contributed by atoms with Crippen LogP contribution in [0.3, 0.4) is 0 Å². The van der Waals surface area contributed by atoms with Crippen LogP contribution in [-0.2, 0) is 9.53 Å². The topological polar surface area (TPSA) is 126 Å². The first kappa shape index (κ1) is 21.5. The van der Waals surface area contributed by atoms with Crippen LogP contribution < -0.4 is 10.1 Å². The van der Waals surface area contributed by atoms with Crippen molar-refractivity contribution in [3.63, 3.8) is 0 Å². The van der Waals surface area contributed by atoms with Crippen molar-refractivity contribution in [3.8, 4) is 11.4 Å². The molecule has 0 atom stereocenters. The largest absolute Gasteiger partial charge is 0.494 e. The van der Waals surface area contributed by atoms with Crippen molar-refractivity contribution in [1.29, 1.82) is 0 Å². The lowest BCUT2D eigenvalue weighted by atomic mass is 10.2. The normalized spacial score (nSPS) is 10.4. The number of rotatable bonds is 7. The van der Waals surface area contributed by atoms with Crippen molar-refractivity contribution < 1.29 is 24.0 Å². The van der Waals surface area contributed by atoms with Gasteiger partial charge in [-0.25, -0.2) is 9.48 Å². The molecule has 0 radical (unpaired) electrons. The SMILES string of the molecule is COc1cc([N+](=O)[O-])ccc1NC(=O)COC(=O)c1ccc(-n2nc(C)cc2C)cc1. The number of aryl methyl sites for hydroxylation is 2. The fourth-order valence-corrected chi connectivity index (χ4v) is 2.93. The number of carbonyl (C=O) groups excluding carboxylic acids is 2. The highest BCUT2D eigenvalue weighted by Crippen LogP contribution is 2.28. The summed E-state index contributed by atoms with van der Waals surface area (Å²) < 4.78 is 11.9. The third-order valence-electron chi connectivity index (χ3n) is 4.36. The molecular formula is C21H20N4O6. The van der Waals surface area contributed by atoms with Crippen LogP contribution in [0.15, 0.2) is 48.5 Å². The molecule has 31 heavy (non-hydrogen) atoms. The molecule has 0 unspecified atom stereocenters. The number of methoxy groups -OCH3 is 1. The number of carbonyl (C=O) groups is 2. The first-order chi connectivity index (χ1) is 14.8. The lowest BCUT2D eigenvalue weighted by molar-refractivity contribution is -0.384. The molecule has 0 saturated carbocycles. The number of nitro groups is 1. The standard InChI is InChI=1S/C21H20N4O6/c1-13-10-14(2)24(23-13)16-6-4-15(5-7-16)21(27)31-12-20(26)22-18-9-8-17(25(28)29)11-19(18)30-3/h4-11H,12H2,1-3H3,(H,22,26). The molecule has 1 amide bonds. The first-order valence-corrected chi connectivity index (χ1v) is 9.21. The van der Waals surface area contributed by atoms with Crippen molar-refractivity contribution in [2.75, 3.05) is 19.0 Å². The van der Waals surface area contributed by atoms with Crippen molar-refractivity contribution >= 4 is 23.3 Å². The zero-order valence-corrected chi connectivity index (χ0v) is 17.1. The van der Waals surface area contributed by atoms with E-state index >= 15 is 0 Å². The number of nitrogens with one attached hydrogen (secondary N) is 1. The third kappa shape index (κ3) is 5.04. The van der Waals surface area contributed by atoms with Gasteiger partial charge in [0.15, 0.2) is 6.61 Å². The summed E-state index contributed by atoms with van der Waals surface area (Å²) in [6.07, 6.45) is 0. The summed E-state index contributed by atoms with van der Waals surface area (Å²) in [5, 5.41) is 17.7. The molecule has 0 fully saturated rings. The highest BCUT2D eigenvalue weighted by molar-refractivity contribution is 5.96. The minimum Gasteiger partial charge on any atom is -0.494 e. The van der Waals surface area contributed by atoms with E-state index in [9.17, 15) is 19.7 Å². The molecular weight excluding hydrogens is 404 g/mol. The van der Waals surface area contributed by atoms with Crippen molar-refractivity contribution in [2.24, 2.45) is 0 Å². The second kappa shape index (κ2) is 9.08. The van der Waals surface area contributed by atoms with Crippen LogP contribution in [0.2, 0.25) is 0 Å². The van der Waals surface area contributed by atoms with Crippen molar-refractivity contribution in [3.05, 3.63) is 75.6 Å². The zero-order chi connectivity index (χ0) is 22.5. The monoisotopic (exact) mass is 424 g/mol. The van der Waals surface area contributed by atoms with E-state index in [-0.39, 0.29) is 22.7 Å². The molecule has 0 aliphatic rings. The van der Waals surface area contributed by atoms with E-state index in [1.165, 1.54) is 25.3 Å². The average molecular weight is 424 g/mol. The molecule has 1 N–H and O–H groups in total. The highest BCUT2D eigenvalue weighted by Gasteiger charge is 2.15. The van der Waals surface area contributed by atoms with Crippen molar-refractivity contribution in [2.45, 2.75) is 13.8 Å². The number of amides is 1. The van der Waals surface area contributed by atoms with Crippen molar-refractivity contribution in [1.82, 2.24) is 9.78 Å². The van der Waals surface area contributed by atoms with Gasteiger partial charge in [-0.15, -0.1) is 0 Å². The molecule has 1 heterocycles. The summed E-state index contributed by atoms with van der Waals surface area (Å²) in [7, 11) is 1.32. The Balaban J connectivity index is 1.60. The molecule has 1 aromatic heterocycles. The fourth-order valence-electron chi connectivity index (χ4n) is 2.93. The van der Waals surface area contributed by atoms with Gasteiger partial charge in [-0.3, -0.25) is 14.9 Å². The lowest BCUT2D eigenvalue weighted by Crippen LogP contribution is -2.21. The number of hydrogen-bond donors (Lipinski definition) is 1. The van der Waals surface area contributed by atoms with Crippen LogP contribution >= 0.6 is 0 Å². The Morgan fingerprint density at radius 2 is 1.84 bits per heavy atom. The van der Waals surface area contributed by atoms with Gasteiger partial charge in [0.2, 0.25) is 0 Å². The summed E-state index contributed by atoms with van der Waals surface area (Å²) in [6, 6.07) is 12.3.